The van der Waals surface area contributed by atoms with Gasteiger partial charge in [-0.2, -0.15) is 0 Å². The van der Waals surface area contributed by atoms with Crippen LogP contribution in [0.25, 0.3) is 0 Å². The SMILES string of the molecule is CC(C)CNCC(CCc1ccc(Br)s1)c1ccccc1. The molecule has 2 aromatic rings. The highest BCUT2D eigenvalue weighted by Crippen LogP contribution is 2.27. The van der Waals surface area contributed by atoms with Crippen molar-refractivity contribution >= 4 is 27.3 Å². The van der Waals surface area contributed by atoms with E-state index in [1.54, 1.807) is 0 Å². The van der Waals surface area contributed by atoms with Crippen molar-refractivity contribution < 1.29 is 0 Å². The Morgan fingerprint density at radius 2 is 1.81 bits per heavy atom. The van der Waals surface area contributed by atoms with Gasteiger partial charge in [-0.1, -0.05) is 44.2 Å². The minimum atomic E-state index is 0.589. The molecule has 0 bridgehead atoms. The van der Waals surface area contributed by atoms with Crippen LogP contribution in [0.15, 0.2) is 46.3 Å². The molecule has 0 spiro atoms. The average Bonchev–Trinajstić information content (AvgIpc) is 2.89. The lowest BCUT2D eigenvalue weighted by Gasteiger charge is -2.19. The molecule has 21 heavy (non-hydrogen) atoms. The second-order valence-corrected chi connectivity index (χ2v) is 8.45. The standard InChI is InChI=1S/C18H24BrNS/c1-14(2)12-20-13-16(15-6-4-3-5-7-15)8-9-17-10-11-18(19)21-17/h3-7,10-11,14,16,20H,8-9,12-13H2,1-2H3. The van der Waals surface area contributed by atoms with Crippen LogP contribution in [-0.2, 0) is 6.42 Å². The summed E-state index contributed by atoms with van der Waals surface area (Å²) in [5.74, 6) is 1.29. The van der Waals surface area contributed by atoms with Gasteiger partial charge in [0.05, 0.1) is 3.79 Å². The molecule has 2 rings (SSSR count). The van der Waals surface area contributed by atoms with Crippen LogP contribution in [-0.4, -0.2) is 13.1 Å². The van der Waals surface area contributed by atoms with Crippen molar-refractivity contribution in [2.75, 3.05) is 13.1 Å². The Labute approximate surface area is 140 Å². The molecule has 0 amide bonds. The van der Waals surface area contributed by atoms with E-state index in [2.05, 4.69) is 77.6 Å². The Kier molecular flexibility index (Phi) is 6.94. The topological polar surface area (TPSA) is 12.0 Å². The summed E-state index contributed by atoms with van der Waals surface area (Å²) in [4.78, 5) is 1.46. The molecule has 1 atom stereocenters. The Hall–Kier alpha value is -0.640. The van der Waals surface area contributed by atoms with Gasteiger partial charge in [0, 0.05) is 11.4 Å². The van der Waals surface area contributed by atoms with Gasteiger partial charge in [0.25, 0.3) is 0 Å². The highest BCUT2D eigenvalue weighted by Gasteiger charge is 2.12. The predicted molar refractivity (Wildman–Crippen MR) is 97.2 cm³/mol. The molecule has 0 aliphatic carbocycles. The second kappa shape index (κ2) is 8.72. The van der Waals surface area contributed by atoms with Crippen LogP contribution in [0.2, 0.25) is 0 Å². The maximum Gasteiger partial charge on any atom is 0.0701 e. The van der Waals surface area contributed by atoms with Crippen molar-refractivity contribution in [3.63, 3.8) is 0 Å². The Bertz CT molecular complexity index is 521. The number of hydrogen-bond acceptors (Lipinski definition) is 2. The van der Waals surface area contributed by atoms with E-state index in [1.165, 1.54) is 20.6 Å². The van der Waals surface area contributed by atoms with Crippen molar-refractivity contribution in [2.24, 2.45) is 5.92 Å². The first-order chi connectivity index (χ1) is 10.1. The molecule has 0 radical (unpaired) electrons. The van der Waals surface area contributed by atoms with E-state index in [0.717, 1.165) is 19.5 Å². The van der Waals surface area contributed by atoms with Crippen LogP contribution in [0.3, 0.4) is 0 Å². The molecule has 0 fully saturated rings. The third-order valence-corrected chi connectivity index (χ3v) is 5.27. The number of hydrogen-bond donors (Lipinski definition) is 1. The summed E-state index contributed by atoms with van der Waals surface area (Å²) in [5, 5.41) is 3.62. The zero-order valence-corrected chi connectivity index (χ0v) is 15.2. The summed E-state index contributed by atoms with van der Waals surface area (Å²) in [7, 11) is 0. The molecule has 1 N–H and O–H groups in total. The smallest absolute Gasteiger partial charge is 0.0701 e. The highest BCUT2D eigenvalue weighted by atomic mass is 79.9. The number of aryl methyl sites for hydroxylation is 1. The van der Waals surface area contributed by atoms with Gasteiger partial charge >= 0.3 is 0 Å². The minimum absolute atomic E-state index is 0.589. The largest absolute Gasteiger partial charge is 0.316 e. The lowest BCUT2D eigenvalue weighted by Crippen LogP contribution is -2.25. The van der Waals surface area contributed by atoms with E-state index < -0.39 is 0 Å². The molecular formula is C18H24BrNS. The van der Waals surface area contributed by atoms with Gasteiger partial charge in [-0.3, -0.25) is 0 Å². The molecule has 0 saturated heterocycles. The number of nitrogens with one attached hydrogen (secondary N) is 1. The van der Waals surface area contributed by atoms with Crippen LogP contribution < -0.4 is 5.32 Å². The molecular weight excluding hydrogens is 342 g/mol. The first-order valence-electron chi connectivity index (χ1n) is 7.65. The average molecular weight is 366 g/mol. The first kappa shape index (κ1) is 16.7. The lowest BCUT2D eigenvalue weighted by atomic mass is 9.93. The molecule has 1 aromatic carbocycles. The third kappa shape index (κ3) is 5.93. The summed E-state index contributed by atoms with van der Waals surface area (Å²) in [6, 6.07) is 15.3. The third-order valence-electron chi connectivity index (χ3n) is 3.58. The van der Waals surface area contributed by atoms with Crippen molar-refractivity contribution in [1.29, 1.82) is 0 Å². The summed E-state index contributed by atoms with van der Waals surface area (Å²) < 4.78 is 1.23. The van der Waals surface area contributed by atoms with Gasteiger partial charge in [-0.05, 0) is 64.8 Å². The van der Waals surface area contributed by atoms with Crippen LogP contribution >= 0.6 is 27.3 Å². The number of rotatable bonds is 8. The van der Waals surface area contributed by atoms with Crippen LogP contribution in [0.1, 0.15) is 36.6 Å². The van der Waals surface area contributed by atoms with E-state index in [-0.39, 0.29) is 0 Å². The molecule has 1 nitrogen and oxygen atoms in total. The molecule has 0 aliphatic rings. The maximum absolute atomic E-state index is 3.62. The predicted octanol–water partition coefficient (Wildman–Crippen LogP) is 5.47. The Balaban J connectivity index is 1.94. The summed E-state index contributed by atoms with van der Waals surface area (Å²) in [6.45, 7) is 6.67. The number of thiophene rings is 1. The second-order valence-electron chi connectivity index (χ2n) is 5.90. The van der Waals surface area contributed by atoms with Gasteiger partial charge in [-0.15, -0.1) is 11.3 Å². The fraction of sp³-hybridized carbons (Fsp3) is 0.444. The Morgan fingerprint density at radius 3 is 2.43 bits per heavy atom. The zero-order chi connectivity index (χ0) is 15.1. The summed E-state index contributed by atoms with van der Waals surface area (Å²) in [5.41, 5.74) is 1.45. The van der Waals surface area contributed by atoms with Crippen molar-refractivity contribution in [2.45, 2.75) is 32.6 Å². The fourth-order valence-corrected chi connectivity index (χ4v) is 3.96. The number of halogens is 1. The van der Waals surface area contributed by atoms with Crippen molar-refractivity contribution in [3.05, 3.63) is 56.7 Å². The molecule has 114 valence electrons. The van der Waals surface area contributed by atoms with Gasteiger partial charge < -0.3 is 5.32 Å². The highest BCUT2D eigenvalue weighted by molar-refractivity contribution is 9.11. The van der Waals surface area contributed by atoms with Gasteiger partial charge in [0.15, 0.2) is 0 Å². The minimum Gasteiger partial charge on any atom is -0.316 e. The monoisotopic (exact) mass is 365 g/mol. The normalized spacial score (nSPS) is 12.8. The number of benzene rings is 1. The van der Waals surface area contributed by atoms with Gasteiger partial charge in [-0.25, -0.2) is 0 Å². The van der Waals surface area contributed by atoms with Crippen LogP contribution in [0.4, 0.5) is 0 Å². The lowest BCUT2D eigenvalue weighted by molar-refractivity contribution is 0.501. The van der Waals surface area contributed by atoms with E-state index in [1.807, 2.05) is 11.3 Å². The van der Waals surface area contributed by atoms with Crippen molar-refractivity contribution in [3.8, 4) is 0 Å². The van der Waals surface area contributed by atoms with Crippen molar-refractivity contribution in [1.82, 2.24) is 5.32 Å². The quantitative estimate of drug-likeness (QED) is 0.653. The molecule has 1 aromatic heterocycles. The fourth-order valence-electron chi connectivity index (χ4n) is 2.46. The molecule has 1 heterocycles. The van der Waals surface area contributed by atoms with E-state index in [4.69, 9.17) is 0 Å². The molecule has 0 aliphatic heterocycles. The molecule has 0 saturated carbocycles. The Morgan fingerprint density at radius 1 is 1.05 bits per heavy atom. The molecule has 3 heteroatoms. The first-order valence-corrected chi connectivity index (χ1v) is 9.26. The van der Waals surface area contributed by atoms with Crippen LogP contribution in [0, 0.1) is 5.92 Å². The van der Waals surface area contributed by atoms with Gasteiger partial charge in [0.2, 0.25) is 0 Å². The van der Waals surface area contributed by atoms with Gasteiger partial charge in [0.1, 0.15) is 0 Å². The van der Waals surface area contributed by atoms with E-state index in [9.17, 15) is 0 Å². The van der Waals surface area contributed by atoms with E-state index >= 15 is 0 Å². The van der Waals surface area contributed by atoms with E-state index in [0.29, 0.717) is 11.8 Å². The summed E-state index contributed by atoms with van der Waals surface area (Å²) in [6.07, 6.45) is 2.35. The summed E-state index contributed by atoms with van der Waals surface area (Å²) >= 11 is 5.40. The van der Waals surface area contributed by atoms with Crippen LogP contribution in [0.5, 0.6) is 0 Å². The molecule has 1 unspecified atom stereocenters. The zero-order valence-electron chi connectivity index (χ0n) is 12.8. The maximum atomic E-state index is 3.62.